The van der Waals surface area contributed by atoms with Crippen LogP contribution in [0, 0.1) is 24.7 Å². The highest BCUT2D eigenvalue weighted by atomic mass is 16.5. The van der Waals surface area contributed by atoms with Gasteiger partial charge in [-0.2, -0.15) is 0 Å². The molecule has 0 aromatic carbocycles. The first-order chi connectivity index (χ1) is 12.2. The second-order valence-corrected chi connectivity index (χ2v) is 6.67. The Morgan fingerprint density at radius 3 is 2.96 bits per heavy atom. The Balaban J connectivity index is 1.49. The van der Waals surface area contributed by atoms with Gasteiger partial charge in [0.25, 0.3) is 0 Å². The molecule has 2 aromatic rings. The number of amides is 1. The van der Waals surface area contributed by atoms with Gasteiger partial charge in [0.2, 0.25) is 5.91 Å². The van der Waals surface area contributed by atoms with Crippen LogP contribution in [0.15, 0.2) is 36.9 Å². The summed E-state index contributed by atoms with van der Waals surface area (Å²) >= 11 is 0. The number of nitrogens with zero attached hydrogens (tertiary/aromatic N) is 4. The summed E-state index contributed by atoms with van der Waals surface area (Å²) in [6.07, 6.45) is 5.03. The fourth-order valence-corrected chi connectivity index (χ4v) is 3.77. The zero-order chi connectivity index (χ0) is 17.2. The van der Waals surface area contributed by atoms with Gasteiger partial charge in [-0.1, -0.05) is 0 Å². The monoisotopic (exact) mass is 339 g/mol. The molecule has 0 bridgehead atoms. The number of aryl methyl sites for hydroxylation is 1. The molecule has 0 spiro atoms. The number of pyridine rings is 1. The van der Waals surface area contributed by atoms with Crippen LogP contribution in [0.1, 0.15) is 5.69 Å². The highest BCUT2D eigenvalue weighted by Crippen LogP contribution is 2.36. The predicted octanol–water partition coefficient (Wildman–Crippen LogP) is 1.52. The lowest BCUT2D eigenvalue weighted by molar-refractivity contribution is -0.128. The van der Waals surface area contributed by atoms with E-state index in [2.05, 4.69) is 25.2 Å². The van der Waals surface area contributed by atoms with Gasteiger partial charge >= 0.3 is 0 Å². The fraction of sp³-hybridized carbons (Fsp3) is 0.444. The number of nitrogens with one attached hydrogen (secondary N) is 1. The first kappa shape index (κ1) is 16.0. The molecule has 1 N–H and O–H groups in total. The average molecular weight is 339 g/mol. The maximum absolute atomic E-state index is 12.8. The van der Waals surface area contributed by atoms with Crippen molar-refractivity contribution in [1.82, 2.24) is 15.0 Å². The Morgan fingerprint density at radius 1 is 1.24 bits per heavy atom. The van der Waals surface area contributed by atoms with Crippen molar-refractivity contribution in [2.45, 2.75) is 6.92 Å². The van der Waals surface area contributed by atoms with Crippen LogP contribution in [0.25, 0.3) is 0 Å². The van der Waals surface area contributed by atoms with E-state index in [9.17, 15) is 4.79 Å². The Bertz CT molecular complexity index is 754. The predicted molar refractivity (Wildman–Crippen MR) is 93.1 cm³/mol. The largest absolute Gasteiger partial charge is 0.380 e. The quantitative estimate of drug-likeness (QED) is 0.913. The molecule has 2 aliphatic rings. The van der Waals surface area contributed by atoms with Crippen molar-refractivity contribution < 1.29 is 9.53 Å². The molecule has 0 saturated carbocycles. The van der Waals surface area contributed by atoms with E-state index in [1.54, 1.807) is 18.7 Å². The van der Waals surface area contributed by atoms with Crippen molar-refractivity contribution >= 4 is 17.4 Å². The number of carbonyl (C=O) groups excluding carboxylic acids is 1. The van der Waals surface area contributed by atoms with E-state index in [1.165, 1.54) is 0 Å². The lowest BCUT2D eigenvalue weighted by Gasteiger charge is -2.31. The van der Waals surface area contributed by atoms with Gasteiger partial charge in [0.05, 0.1) is 30.5 Å². The molecule has 1 amide bonds. The van der Waals surface area contributed by atoms with Crippen LogP contribution in [0.3, 0.4) is 0 Å². The van der Waals surface area contributed by atoms with Crippen LogP contribution < -0.4 is 10.2 Å². The summed E-state index contributed by atoms with van der Waals surface area (Å²) in [5.41, 5.74) is 1.58. The molecule has 7 nitrogen and oxygen atoms in total. The maximum Gasteiger partial charge on any atom is 0.230 e. The molecule has 0 unspecified atom stereocenters. The van der Waals surface area contributed by atoms with E-state index < -0.39 is 0 Å². The summed E-state index contributed by atoms with van der Waals surface area (Å²) in [6, 6.07) is 5.62. The van der Waals surface area contributed by atoms with E-state index >= 15 is 0 Å². The van der Waals surface area contributed by atoms with E-state index in [4.69, 9.17) is 4.74 Å². The SMILES string of the molecule is Cc1ncccc1NC(=O)[C@H]1COC[C@H]2CN(c3ccncn3)C[C@H]21. The average Bonchev–Trinajstić information content (AvgIpc) is 3.08. The van der Waals surface area contributed by atoms with Gasteiger partial charge in [0.1, 0.15) is 12.1 Å². The first-order valence-corrected chi connectivity index (χ1v) is 8.53. The highest BCUT2D eigenvalue weighted by Gasteiger charge is 2.44. The van der Waals surface area contributed by atoms with Gasteiger partial charge in [-0.25, -0.2) is 9.97 Å². The third-order valence-electron chi connectivity index (χ3n) is 5.13. The lowest BCUT2D eigenvalue weighted by Crippen LogP contribution is -2.42. The van der Waals surface area contributed by atoms with Crippen molar-refractivity contribution in [2.24, 2.45) is 17.8 Å². The number of rotatable bonds is 3. The Hall–Kier alpha value is -2.54. The van der Waals surface area contributed by atoms with Gasteiger partial charge in [-0.05, 0) is 31.0 Å². The van der Waals surface area contributed by atoms with Crippen LogP contribution in [0.4, 0.5) is 11.5 Å². The molecular formula is C18H21N5O2. The summed E-state index contributed by atoms with van der Waals surface area (Å²) in [4.78, 5) is 27.6. The zero-order valence-electron chi connectivity index (χ0n) is 14.1. The van der Waals surface area contributed by atoms with Gasteiger partial charge < -0.3 is 15.0 Å². The number of anilines is 2. The summed E-state index contributed by atoms with van der Waals surface area (Å²) < 4.78 is 5.73. The fourth-order valence-electron chi connectivity index (χ4n) is 3.77. The second-order valence-electron chi connectivity index (χ2n) is 6.67. The minimum atomic E-state index is -0.162. The molecule has 2 saturated heterocycles. The summed E-state index contributed by atoms with van der Waals surface area (Å²) in [7, 11) is 0. The number of hydrogen-bond acceptors (Lipinski definition) is 6. The Labute approximate surface area is 146 Å². The smallest absolute Gasteiger partial charge is 0.230 e. The number of fused-ring (bicyclic) bond motifs is 1. The molecule has 2 fully saturated rings. The van der Waals surface area contributed by atoms with Crippen LogP contribution in [-0.2, 0) is 9.53 Å². The van der Waals surface area contributed by atoms with Crippen molar-refractivity contribution in [2.75, 3.05) is 36.5 Å². The van der Waals surface area contributed by atoms with Crippen LogP contribution in [-0.4, -0.2) is 47.2 Å². The molecule has 25 heavy (non-hydrogen) atoms. The van der Waals surface area contributed by atoms with Crippen LogP contribution in [0.2, 0.25) is 0 Å². The summed E-state index contributed by atoms with van der Waals surface area (Å²) in [5, 5.41) is 3.02. The van der Waals surface area contributed by atoms with Gasteiger partial charge in [0.15, 0.2) is 0 Å². The molecule has 2 aliphatic heterocycles. The van der Waals surface area contributed by atoms with Crippen molar-refractivity contribution in [1.29, 1.82) is 0 Å². The topological polar surface area (TPSA) is 80.2 Å². The number of aromatic nitrogens is 3. The molecule has 0 aliphatic carbocycles. The number of carbonyl (C=O) groups is 1. The molecule has 4 heterocycles. The molecule has 3 atom stereocenters. The normalized spacial score (nSPS) is 25.5. The molecule has 4 rings (SSSR count). The van der Waals surface area contributed by atoms with Crippen molar-refractivity contribution in [3.63, 3.8) is 0 Å². The molecule has 130 valence electrons. The van der Waals surface area contributed by atoms with E-state index in [-0.39, 0.29) is 17.7 Å². The second kappa shape index (κ2) is 6.76. The van der Waals surface area contributed by atoms with E-state index in [1.807, 2.05) is 25.1 Å². The highest BCUT2D eigenvalue weighted by molar-refractivity contribution is 5.93. The van der Waals surface area contributed by atoms with Crippen molar-refractivity contribution in [3.8, 4) is 0 Å². The van der Waals surface area contributed by atoms with Crippen LogP contribution >= 0.6 is 0 Å². The third kappa shape index (κ3) is 3.19. The number of hydrogen-bond donors (Lipinski definition) is 1. The standard InChI is InChI=1S/C18H21N5O2/c1-12-16(3-2-5-20-12)22-18(24)15-10-25-9-13-7-23(8-14(13)15)17-4-6-19-11-21-17/h2-6,11,13-15H,7-10H2,1H3,(H,22,24)/t13-,14-,15+/m1/s1. The first-order valence-electron chi connectivity index (χ1n) is 8.53. The molecule has 0 radical (unpaired) electrons. The summed E-state index contributed by atoms with van der Waals surface area (Å²) in [6.45, 7) is 4.72. The van der Waals surface area contributed by atoms with E-state index in [0.29, 0.717) is 19.1 Å². The molecule has 7 heteroatoms. The Kier molecular flexibility index (Phi) is 4.31. The zero-order valence-corrected chi connectivity index (χ0v) is 14.1. The molecular weight excluding hydrogens is 318 g/mol. The van der Waals surface area contributed by atoms with Gasteiger partial charge in [-0.3, -0.25) is 9.78 Å². The van der Waals surface area contributed by atoms with Crippen LogP contribution in [0.5, 0.6) is 0 Å². The minimum Gasteiger partial charge on any atom is -0.380 e. The Morgan fingerprint density at radius 2 is 2.16 bits per heavy atom. The van der Waals surface area contributed by atoms with Gasteiger partial charge in [-0.15, -0.1) is 0 Å². The van der Waals surface area contributed by atoms with E-state index in [0.717, 1.165) is 30.3 Å². The minimum absolute atomic E-state index is 0.00957. The maximum atomic E-state index is 12.8. The third-order valence-corrected chi connectivity index (χ3v) is 5.13. The number of ether oxygens (including phenoxy) is 1. The molecule has 2 aromatic heterocycles. The lowest BCUT2D eigenvalue weighted by atomic mass is 9.82. The summed E-state index contributed by atoms with van der Waals surface area (Å²) in [5.74, 6) is 1.36. The van der Waals surface area contributed by atoms with Crippen molar-refractivity contribution in [3.05, 3.63) is 42.6 Å². The van der Waals surface area contributed by atoms with Gasteiger partial charge in [0, 0.05) is 31.4 Å².